The monoisotopic (exact) mass is 154 g/mol. The third kappa shape index (κ3) is 0.987. The Hall–Kier alpha value is -1.69. The SMILES string of the molecule is O.O=c1[nH]cnc2nc[nH]c12. The molecule has 4 N–H and O–H groups in total. The van der Waals surface area contributed by atoms with Gasteiger partial charge < -0.3 is 15.4 Å². The second kappa shape index (κ2) is 2.51. The van der Waals surface area contributed by atoms with Gasteiger partial charge in [-0.2, -0.15) is 0 Å². The number of rotatable bonds is 0. The Kier molecular flexibility index (Phi) is 1.69. The van der Waals surface area contributed by atoms with Gasteiger partial charge in [-0.25, -0.2) is 9.97 Å². The number of aromatic nitrogens is 4. The molecular weight excluding hydrogens is 148 g/mol. The van der Waals surface area contributed by atoms with Crippen molar-refractivity contribution in [3.05, 3.63) is 23.0 Å². The fourth-order valence-electron chi connectivity index (χ4n) is 0.776. The molecule has 11 heavy (non-hydrogen) atoms. The van der Waals surface area contributed by atoms with Crippen molar-refractivity contribution in [3.8, 4) is 0 Å². The summed E-state index contributed by atoms with van der Waals surface area (Å²) in [5.74, 6) is 0. The van der Waals surface area contributed by atoms with Crippen LogP contribution in [0.3, 0.4) is 0 Å². The molecule has 2 rings (SSSR count). The lowest BCUT2D eigenvalue weighted by Gasteiger charge is -1.81. The van der Waals surface area contributed by atoms with Gasteiger partial charge in [0.1, 0.15) is 0 Å². The number of imidazole rings is 1. The largest absolute Gasteiger partial charge is 0.412 e. The third-order valence-corrected chi connectivity index (χ3v) is 1.23. The van der Waals surface area contributed by atoms with Crippen molar-refractivity contribution < 1.29 is 5.48 Å². The molecule has 0 fully saturated rings. The Bertz CT molecular complexity index is 404. The zero-order valence-corrected chi connectivity index (χ0v) is 5.46. The first-order valence-corrected chi connectivity index (χ1v) is 2.75. The van der Waals surface area contributed by atoms with E-state index in [0.717, 1.165) is 0 Å². The van der Waals surface area contributed by atoms with Crippen LogP contribution < -0.4 is 5.56 Å². The van der Waals surface area contributed by atoms with E-state index < -0.39 is 0 Å². The topological polar surface area (TPSA) is 106 Å². The molecule has 2 aromatic heterocycles. The first-order valence-electron chi connectivity index (χ1n) is 2.75. The summed E-state index contributed by atoms with van der Waals surface area (Å²) in [6.45, 7) is 0. The van der Waals surface area contributed by atoms with Crippen molar-refractivity contribution in [1.82, 2.24) is 19.9 Å². The molecule has 0 aliphatic carbocycles. The van der Waals surface area contributed by atoms with E-state index in [1.54, 1.807) is 0 Å². The summed E-state index contributed by atoms with van der Waals surface area (Å²) in [7, 11) is 0. The van der Waals surface area contributed by atoms with Crippen molar-refractivity contribution in [3.63, 3.8) is 0 Å². The minimum absolute atomic E-state index is 0. The minimum Gasteiger partial charge on any atom is -0.412 e. The Morgan fingerprint density at radius 3 is 2.45 bits per heavy atom. The van der Waals surface area contributed by atoms with E-state index in [1.165, 1.54) is 12.7 Å². The fourth-order valence-corrected chi connectivity index (χ4v) is 0.776. The molecule has 0 aliphatic rings. The first-order chi connectivity index (χ1) is 4.88. The van der Waals surface area contributed by atoms with E-state index in [9.17, 15) is 4.79 Å². The summed E-state index contributed by atoms with van der Waals surface area (Å²) in [6.07, 6.45) is 2.76. The van der Waals surface area contributed by atoms with Crippen LogP contribution in [0.2, 0.25) is 0 Å². The molecule has 0 spiro atoms. The van der Waals surface area contributed by atoms with Crippen LogP contribution in [-0.2, 0) is 0 Å². The zero-order valence-electron chi connectivity index (χ0n) is 5.46. The molecule has 0 atom stereocenters. The molecule has 2 heterocycles. The van der Waals surface area contributed by atoms with Crippen molar-refractivity contribution in [2.24, 2.45) is 0 Å². The fraction of sp³-hybridized carbons (Fsp3) is 0. The van der Waals surface area contributed by atoms with Crippen molar-refractivity contribution in [1.29, 1.82) is 0 Å². The lowest BCUT2D eigenvalue weighted by atomic mass is 10.6. The Morgan fingerprint density at radius 2 is 1.82 bits per heavy atom. The van der Waals surface area contributed by atoms with Crippen LogP contribution in [0.1, 0.15) is 0 Å². The van der Waals surface area contributed by atoms with Crippen LogP contribution in [0, 0.1) is 0 Å². The predicted octanol–water partition coefficient (Wildman–Crippen LogP) is -1.18. The average molecular weight is 154 g/mol. The van der Waals surface area contributed by atoms with Crippen molar-refractivity contribution in [2.75, 3.05) is 0 Å². The van der Waals surface area contributed by atoms with Crippen LogP contribution in [0.15, 0.2) is 17.4 Å². The number of hydrogen-bond donors (Lipinski definition) is 2. The Labute approximate surface area is 60.6 Å². The van der Waals surface area contributed by atoms with Crippen molar-refractivity contribution in [2.45, 2.75) is 0 Å². The van der Waals surface area contributed by atoms with Crippen LogP contribution in [0.4, 0.5) is 0 Å². The second-order valence-corrected chi connectivity index (χ2v) is 1.83. The highest BCUT2D eigenvalue weighted by Crippen LogP contribution is 1.94. The summed E-state index contributed by atoms with van der Waals surface area (Å²) in [5.41, 5.74) is 0.675. The highest BCUT2D eigenvalue weighted by Gasteiger charge is 1.97. The maximum atomic E-state index is 10.9. The quantitative estimate of drug-likeness (QED) is 0.498. The number of fused-ring (bicyclic) bond motifs is 1. The van der Waals surface area contributed by atoms with Gasteiger partial charge in [-0.15, -0.1) is 0 Å². The minimum atomic E-state index is -0.192. The molecule has 0 radical (unpaired) electrons. The van der Waals surface area contributed by atoms with Crippen LogP contribution in [0.5, 0.6) is 0 Å². The molecule has 6 heteroatoms. The van der Waals surface area contributed by atoms with E-state index in [2.05, 4.69) is 19.9 Å². The molecule has 0 saturated carbocycles. The summed E-state index contributed by atoms with van der Waals surface area (Å²) < 4.78 is 0. The molecule has 6 nitrogen and oxygen atoms in total. The highest BCUT2D eigenvalue weighted by molar-refractivity contribution is 5.67. The van der Waals surface area contributed by atoms with E-state index in [4.69, 9.17) is 0 Å². The Morgan fingerprint density at radius 1 is 1.18 bits per heavy atom. The van der Waals surface area contributed by atoms with Gasteiger partial charge in [0.25, 0.3) is 5.56 Å². The molecule has 0 amide bonds. The second-order valence-electron chi connectivity index (χ2n) is 1.83. The number of H-pyrrole nitrogens is 2. The average Bonchev–Trinajstić information content (AvgIpc) is 2.36. The summed E-state index contributed by atoms with van der Waals surface area (Å²) in [4.78, 5) is 23.6. The number of nitrogens with one attached hydrogen (secondary N) is 2. The maximum Gasteiger partial charge on any atom is 0.276 e. The predicted molar refractivity (Wildman–Crippen MR) is 38.1 cm³/mol. The molecule has 0 bridgehead atoms. The summed E-state index contributed by atoms with van der Waals surface area (Å²) in [6, 6.07) is 0. The van der Waals surface area contributed by atoms with Gasteiger partial charge in [0.05, 0.1) is 12.7 Å². The third-order valence-electron chi connectivity index (χ3n) is 1.23. The van der Waals surface area contributed by atoms with Gasteiger partial charge in [0.15, 0.2) is 11.2 Å². The highest BCUT2D eigenvalue weighted by atomic mass is 16.1. The van der Waals surface area contributed by atoms with Gasteiger partial charge in [-0.1, -0.05) is 0 Å². The summed E-state index contributed by atoms with van der Waals surface area (Å²) >= 11 is 0. The molecule has 2 aromatic rings. The molecule has 0 aromatic carbocycles. The van der Waals surface area contributed by atoms with Gasteiger partial charge in [-0.05, 0) is 0 Å². The molecule has 0 saturated heterocycles. The molecule has 0 unspecified atom stereocenters. The first kappa shape index (κ1) is 7.42. The number of nitrogens with zero attached hydrogens (tertiary/aromatic N) is 2. The van der Waals surface area contributed by atoms with Crippen LogP contribution in [0.25, 0.3) is 11.2 Å². The number of aromatic amines is 2. The maximum absolute atomic E-state index is 10.9. The van der Waals surface area contributed by atoms with E-state index >= 15 is 0 Å². The summed E-state index contributed by atoms with van der Waals surface area (Å²) in [5, 5.41) is 0. The standard InChI is InChI=1S/C5H4N4O.H2O/c10-5-3-4(7-1-6-3)8-2-9-5;/h1-2H,(H2,6,7,8,9,10);1H2. The van der Waals surface area contributed by atoms with E-state index in [-0.39, 0.29) is 11.0 Å². The normalized spacial score (nSPS) is 9.45. The van der Waals surface area contributed by atoms with E-state index in [0.29, 0.717) is 11.2 Å². The van der Waals surface area contributed by atoms with Gasteiger partial charge >= 0.3 is 0 Å². The lowest BCUT2D eigenvalue weighted by Crippen LogP contribution is -2.05. The lowest BCUT2D eigenvalue weighted by molar-refractivity contribution is 0.824. The van der Waals surface area contributed by atoms with Crippen molar-refractivity contribution >= 4 is 11.2 Å². The van der Waals surface area contributed by atoms with Crippen LogP contribution >= 0.6 is 0 Å². The van der Waals surface area contributed by atoms with Crippen LogP contribution in [-0.4, -0.2) is 25.4 Å². The molecular formula is C5H6N4O2. The van der Waals surface area contributed by atoms with Gasteiger partial charge in [-0.3, -0.25) is 4.79 Å². The smallest absolute Gasteiger partial charge is 0.276 e. The van der Waals surface area contributed by atoms with Gasteiger partial charge in [0.2, 0.25) is 0 Å². The molecule has 0 aliphatic heterocycles. The van der Waals surface area contributed by atoms with E-state index in [1.807, 2.05) is 0 Å². The number of hydrogen-bond acceptors (Lipinski definition) is 3. The molecule has 58 valence electrons. The Balaban J connectivity index is 0.000000605. The zero-order chi connectivity index (χ0) is 6.97. The van der Waals surface area contributed by atoms with Gasteiger partial charge in [0, 0.05) is 0 Å².